The van der Waals surface area contributed by atoms with E-state index in [0.717, 1.165) is 28.1 Å². The van der Waals surface area contributed by atoms with E-state index in [0.29, 0.717) is 30.9 Å². The standard InChI is InChI=1S/C20H20N4O2/c1-13-14(2)19-17(20(25)22-6-8-26-19)10-16(13)9-15-3-4-18(23-11-15)24-7-5-21-12-24/h3-5,7,10-12H,6,8-9H2,1-2H3,(H,22,25). The number of carbonyl (C=O) groups is 1. The van der Waals surface area contributed by atoms with Crippen molar-refractivity contribution in [1.82, 2.24) is 19.9 Å². The topological polar surface area (TPSA) is 69.0 Å². The molecule has 6 nitrogen and oxygen atoms in total. The van der Waals surface area contributed by atoms with Crippen molar-refractivity contribution in [3.63, 3.8) is 0 Å². The van der Waals surface area contributed by atoms with Crippen LogP contribution in [0.3, 0.4) is 0 Å². The summed E-state index contributed by atoms with van der Waals surface area (Å²) in [4.78, 5) is 20.9. The second-order valence-corrected chi connectivity index (χ2v) is 6.44. The Morgan fingerprint density at radius 1 is 1.27 bits per heavy atom. The highest BCUT2D eigenvalue weighted by atomic mass is 16.5. The number of aromatic nitrogens is 3. The molecular weight excluding hydrogens is 328 g/mol. The Balaban J connectivity index is 1.66. The van der Waals surface area contributed by atoms with Gasteiger partial charge >= 0.3 is 0 Å². The smallest absolute Gasteiger partial charge is 0.255 e. The number of carbonyl (C=O) groups excluding carboxylic acids is 1. The molecule has 6 heteroatoms. The third-order valence-corrected chi connectivity index (χ3v) is 4.80. The lowest BCUT2D eigenvalue weighted by atomic mass is 9.94. The fourth-order valence-corrected chi connectivity index (χ4v) is 3.20. The van der Waals surface area contributed by atoms with E-state index < -0.39 is 0 Å². The Kier molecular flexibility index (Phi) is 4.16. The van der Waals surface area contributed by atoms with Gasteiger partial charge in [0.25, 0.3) is 5.91 Å². The average molecular weight is 348 g/mol. The van der Waals surface area contributed by atoms with Gasteiger partial charge in [0.1, 0.15) is 24.5 Å². The maximum Gasteiger partial charge on any atom is 0.255 e. The second kappa shape index (κ2) is 6.63. The number of rotatable bonds is 3. The van der Waals surface area contributed by atoms with Crippen LogP contribution in [0.2, 0.25) is 0 Å². The van der Waals surface area contributed by atoms with Crippen LogP contribution < -0.4 is 10.1 Å². The van der Waals surface area contributed by atoms with E-state index in [-0.39, 0.29) is 5.91 Å². The van der Waals surface area contributed by atoms with E-state index in [9.17, 15) is 4.79 Å². The molecule has 4 rings (SSSR count). The normalized spacial score (nSPS) is 13.5. The Hall–Kier alpha value is -3.15. The van der Waals surface area contributed by atoms with Gasteiger partial charge < -0.3 is 10.1 Å². The van der Waals surface area contributed by atoms with E-state index in [4.69, 9.17) is 4.74 Å². The summed E-state index contributed by atoms with van der Waals surface area (Å²) >= 11 is 0. The quantitative estimate of drug-likeness (QED) is 0.790. The van der Waals surface area contributed by atoms with Gasteiger partial charge in [-0.15, -0.1) is 0 Å². The van der Waals surface area contributed by atoms with Gasteiger partial charge in [0, 0.05) is 18.6 Å². The Morgan fingerprint density at radius 3 is 2.88 bits per heavy atom. The summed E-state index contributed by atoms with van der Waals surface area (Å²) in [6.45, 7) is 5.11. The van der Waals surface area contributed by atoms with Crippen LogP contribution >= 0.6 is 0 Å². The summed E-state index contributed by atoms with van der Waals surface area (Å²) in [6.07, 6.45) is 7.89. The number of hydrogen-bond donors (Lipinski definition) is 1. The van der Waals surface area contributed by atoms with Crippen LogP contribution in [0.15, 0.2) is 43.1 Å². The first kappa shape index (κ1) is 16.3. The van der Waals surface area contributed by atoms with E-state index in [2.05, 4.69) is 28.3 Å². The number of ether oxygens (including phenoxy) is 1. The number of pyridine rings is 1. The highest BCUT2D eigenvalue weighted by Gasteiger charge is 2.21. The third kappa shape index (κ3) is 2.94. The van der Waals surface area contributed by atoms with Gasteiger partial charge in [0.15, 0.2) is 0 Å². The zero-order valence-electron chi connectivity index (χ0n) is 14.8. The molecule has 0 unspecified atom stereocenters. The number of imidazole rings is 1. The number of nitrogens with zero attached hydrogens (tertiary/aromatic N) is 3. The molecule has 0 atom stereocenters. The van der Waals surface area contributed by atoms with Crippen molar-refractivity contribution >= 4 is 5.91 Å². The summed E-state index contributed by atoms with van der Waals surface area (Å²) in [5, 5.41) is 2.88. The minimum absolute atomic E-state index is 0.0737. The van der Waals surface area contributed by atoms with E-state index in [1.165, 1.54) is 0 Å². The maximum atomic E-state index is 12.3. The van der Waals surface area contributed by atoms with Crippen molar-refractivity contribution in [2.45, 2.75) is 20.3 Å². The molecule has 0 radical (unpaired) electrons. The monoisotopic (exact) mass is 348 g/mol. The van der Waals surface area contributed by atoms with Gasteiger partial charge in [-0.1, -0.05) is 6.07 Å². The molecule has 3 heterocycles. The lowest BCUT2D eigenvalue weighted by Crippen LogP contribution is -2.24. The average Bonchev–Trinajstić information content (AvgIpc) is 3.12. The van der Waals surface area contributed by atoms with Gasteiger partial charge in [-0.2, -0.15) is 0 Å². The highest BCUT2D eigenvalue weighted by molar-refractivity contribution is 5.98. The van der Waals surface area contributed by atoms with Crippen molar-refractivity contribution in [3.05, 3.63) is 70.9 Å². The molecule has 3 aromatic rings. The van der Waals surface area contributed by atoms with E-state index >= 15 is 0 Å². The zero-order valence-corrected chi connectivity index (χ0v) is 14.8. The van der Waals surface area contributed by atoms with Gasteiger partial charge in [-0.05, 0) is 54.7 Å². The van der Waals surface area contributed by atoms with Crippen LogP contribution in [-0.4, -0.2) is 33.6 Å². The Bertz CT molecular complexity index is 947. The molecule has 1 aromatic carbocycles. The molecular formula is C20H20N4O2. The second-order valence-electron chi connectivity index (χ2n) is 6.44. The number of hydrogen-bond acceptors (Lipinski definition) is 4. The summed E-state index contributed by atoms with van der Waals surface area (Å²) in [6, 6.07) is 5.97. The molecule has 0 spiro atoms. The third-order valence-electron chi connectivity index (χ3n) is 4.80. The Labute approximate surface area is 151 Å². The van der Waals surface area contributed by atoms with Gasteiger partial charge in [-0.3, -0.25) is 9.36 Å². The lowest BCUT2D eigenvalue weighted by Gasteiger charge is -2.16. The SMILES string of the molecule is Cc1c(Cc2ccc(-n3ccnc3)nc2)cc2c(c1C)OCCNC2=O. The number of amides is 1. The molecule has 2 aromatic heterocycles. The first-order valence-electron chi connectivity index (χ1n) is 8.61. The largest absolute Gasteiger partial charge is 0.491 e. The highest BCUT2D eigenvalue weighted by Crippen LogP contribution is 2.31. The first-order chi connectivity index (χ1) is 12.6. The molecule has 0 saturated carbocycles. The molecule has 1 amide bonds. The molecule has 1 aliphatic heterocycles. The minimum atomic E-state index is -0.0737. The van der Waals surface area contributed by atoms with Crippen molar-refractivity contribution in [2.75, 3.05) is 13.2 Å². The van der Waals surface area contributed by atoms with Crippen LogP contribution in [0.1, 0.15) is 32.6 Å². The summed E-state index contributed by atoms with van der Waals surface area (Å²) in [7, 11) is 0. The number of benzene rings is 1. The predicted octanol–water partition coefficient (Wildman–Crippen LogP) is 2.60. The predicted molar refractivity (Wildman–Crippen MR) is 97.9 cm³/mol. The van der Waals surface area contributed by atoms with Crippen molar-refractivity contribution in [1.29, 1.82) is 0 Å². The molecule has 0 aliphatic carbocycles. The van der Waals surface area contributed by atoms with Crippen LogP contribution in [0, 0.1) is 13.8 Å². The van der Waals surface area contributed by atoms with Gasteiger partial charge in [-0.25, -0.2) is 9.97 Å². The van der Waals surface area contributed by atoms with Crippen molar-refractivity contribution in [2.24, 2.45) is 0 Å². The number of nitrogens with one attached hydrogen (secondary N) is 1. The fraction of sp³-hybridized carbons (Fsp3) is 0.250. The molecule has 132 valence electrons. The number of fused-ring (bicyclic) bond motifs is 1. The minimum Gasteiger partial charge on any atom is -0.491 e. The van der Waals surface area contributed by atoms with Crippen molar-refractivity contribution < 1.29 is 9.53 Å². The zero-order chi connectivity index (χ0) is 18.1. The maximum absolute atomic E-state index is 12.3. The van der Waals surface area contributed by atoms with Crippen LogP contribution in [0.5, 0.6) is 5.75 Å². The van der Waals surface area contributed by atoms with E-state index in [1.807, 2.05) is 36.0 Å². The van der Waals surface area contributed by atoms with Crippen LogP contribution in [0.25, 0.3) is 5.82 Å². The fourth-order valence-electron chi connectivity index (χ4n) is 3.20. The first-order valence-corrected chi connectivity index (χ1v) is 8.61. The Morgan fingerprint density at radius 2 is 2.15 bits per heavy atom. The van der Waals surface area contributed by atoms with Gasteiger partial charge in [0.2, 0.25) is 0 Å². The lowest BCUT2D eigenvalue weighted by molar-refractivity contribution is 0.0957. The van der Waals surface area contributed by atoms with Gasteiger partial charge in [0.05, 0.1) is 12.1 Å². The van der Waals surface area contributed by atoms with Crippen LogP contribution in [-0.2, 0) is 6.42 Å². The summed E-state index contributed by atoms with van der Waals surface area (Å²) < 4.78 is 7.65. The molecule has 26 heavy (non-hydrogen) atoms. The summed E-state index contributed by atoms with van der Waals surface area (Å²) in [5.41, 5.74) is 4.99. The summed E-state index contributed by atoms with van der Waals surface area (Å²) in [5.74, 6) is 1.46. The molecule has 1 aliphatic rings. The molecule has 1 N–H and O–H groups in total. The molecule has 0 saturated heterocycles. The van der Waals surface area contributed by atoms with Crippen LogP contribution in [0.4, 0.5) is 0 Å². The molecule has 0 fully saturated rings. The van der Waals surface area contributed by atoms with Crippen molar-refractivity contribution in [3.8, 4) is 11.6 Å². The molecule has 0 bridgehead atoms. The van der Waals surface area contributed by atoms with E-state index in [1.54, 1.807) is 12.5 Å².